The predicted octanol–water partition coefficient (Wildman–Crippen LogP) is 4.30. The van der Waals surface area contributed by atoms with Gasteiger partial charge in [0.25, 0.3) is 5.91 Å². The number of hydrogen-bond donors (Lipinski definition) is 2. The van der Waals surface area contributed by atoms with Gasteiger partial charge in [-0.2, -0.15) is 0 Å². The minimum Gasteiger partial charge on any atom is -0.406 e. The molecule has 182 valence electrons. The molecule has 2 aliphatic heterocycles. The molecule has 1 aromatic carbocycles. The van der Waals surface area contributed by atoms with Crippen molar-refractivity contribution in [1.29, 1.82) is 0 Å². The molecule has 7 nitrogen and oxygen atoms in total. The third-order valence-corrected chi connectivity index (χ3v) is 6.73. The van der Waals surface area contributed by atoms with Gasteiger partial charge in [-0.15, -0.1) is 13.2 Å². The average Bonchev–Trinajstić information content (AvgIpc) is 2.80. The molecule has 2 heterocycles. The number of piperidine rings is 1. The van der Waals surface area contributed by atoms with Gasteiger partial charge in [-0.3, -0.25) is 10.0 Å². The third-order valence-electron chi connectivity index (χ3n) is 5.16. The van der Waals surface area contributed by atoms with Crippen LogP contribution in [0.2, 0.25) is 0 Å². The standard InChI is InChI=1S/C19H25F3N2O5S.C2H6/c20-19(21,22)29-16-3-1-14(2-4-16)13-28-15-5-9-24(10-6-15)30-18(17(25)23-26)7-11-27-12-8-18;1-2/h1-4,15,26H,5-13H2,(H,23,25);1-2H3. The second-order valence-corrected chi connectivity index (χ2v) is 8.75. The van der Waals surface area contributed by atoms with Crippen LogP contribution in [0.15, 0.2) is 24.3 Å². The first-order valence-corrected chi connectivity index (χ1v) is 11.5. The van der Waals surface area contributed by atoms with Crippen LogP contribution in [-0.2, 0) is 20.9 Å². The number of carbonyl (C=O) groups is 1. The molecule has 1 aromatic rings. The molecule has 0 atom stereocenters. The molecule has 2 N–H and O–H groups in total. The number of amides is 1. The van der Waals surface area contributed by atoms with E-state index >= 15 is 0 Å². The summed E-state index contributed by atoms with van der Waals surface area (Å²) in [6.45, 7) is 6.72. The maximum absolute atomic E-state index is 12.2. The lowest BCUT2D eigenvalue weighted by molar-refractivity contribution is -0.274. The summed E-state index contributed by atoms with van der Waals surface area (Å²) < 4.78 is 53.1. The lowest BCUT2D eigenvalue weighted by Crippen LogP contribution is -2.50. The summed E-state index contributed by atoms with van der Waals surface area (Å²) in [4.78, 5) is 12.2. The summed E-state index contributed by atoms with van der Waals surface area (Å²) >= 11 is 1.46. The summed E-state index contributed by atoms with van der Waals surface area (Å²) in [5.74, 6) is -0.655. The van der Waals surface area contributed by atoms with E-state index in [0.717, 1.165) is 31.5 Å². The molecule has 3 rings (SSSR count). The fourth-order valence-corrected chi connectivity index (χ4v) is 4.87. The Bertz CT molecular complexity index is 692. The van der Waals surface area contributed by atoms with E-state index in [2.05, 4.69) is 9.04 Å². The number of alkyl halides is 3. The molecule has 0 radical (unpaired) electrons. The Hall–Kier alpha value is -1.53. The molecule has 0 aromatic heterocycles. The summed E-state index contributed by atoms with van der Waals surface area (Å²) in [6.07, 6.45) is -2.05. The molecule has 1 amide bonds. The minimum absolute atomic E-state index is 0.0326. The van der Waals surface area contributed by atoms with Gasteiger partial charge in [-0.1, -0.05) is 37.9 Å². The van der Waals surface area contributed by atoms with Crippen molar-refractivity contribution in [3.8, 4) is 5.75 Å². The van der Waals surface area contributed by atoms with Crippen LogP contribution in [0.3, 0.4) is 0 Å². The van der Waals surface area contributed by atoms with Gasteiger partial charge < -0.3 is 14.2 Å². The van der Waals surface area contributed by atoms with Gasteiger partial charge >= 0.3 is 6.36 Å². The van der Waals surface area contributed by atoms with E-state index in [-0.39, 0.29) is 11.9 Å². The first-order valence-electron chi connectivity index (χ1n) is 10.7. The van der Waals surface area contributed by atoms with Crippen LogP contribution in [-0.4, -0.2) is 58.9 Å². The number of hydroxylamine groups is 1. The van der Waals surface area contributed by atoms with Crippen LogP contribution >= 0.6 is 11.9 Å². The normalized spacial score (nSPS) is 19.6. The molecular weight excluding hydrogens is 449 g/mol. The number of ether oxygens (including phenoxy) is 3. The Morgan fingerprint density at radius 1 is 1.22 bits per heavy atom. The average molecular weight is 481 g/mol. The zero-order valence-corrected chi connectivity index (χ0v) is 19.1. The Labute approximate surface area is 190 Å². The van der Waals surface area contributed by atoms with Crippen molar-refractivity contribution in [2.75, 3.05) is 26.3 Å². The molecule has 11 heteroatoms. The maximum atomic E-state index is 12.2. The molecule has 0 bridgehead atoms. The molecule has 32 heavy (non-hydrogen) atoms. The van der Waals surface area contributed by atoms with Gasteiger partial charge in [0.2, 0.25) is 0 Å². The molecule has 0 saturated carbocycles. The number of hydrogen-bond acceptors (Lipinski definition) is 7. The van der Waals surface area contributed by atoms with Crippen LogP contribution in [0.25, 0.3) is 0 Å². The smallest absolute Gasteiger partial charge is 0.406 e. The van der Waals surface area contributed by atoms with E-state index in [0.29, 0.717) is 32.7 Å². The van der Waals surface area contributed by atoms with Crippen LogP contribution in [0.5, 0.6) is 5.75 Å². The number of nitrogens with one attached hydrogen (secondary N) is 1. The van der Waals surface area contributed by atoms with Crippen molar-refractivity contribution in [1.82, 2.24) is 9.79 Å². The highest BCUT2D eigenvalue weighted by molar-refractivity contribution is 7.99. The Morgan fingerprint density at radius 2 is 1.81 bits per heavy atom. The van der Waals surface area contributed by atoms with E-state index in [9.17, 15) is 18.0 Å². The largest absolute Gasteiger partial charge is 0.573 e. The van der Waals surface area contributed by atoms with Crippen molar-refractivity contribution in [2.24, 2.45) is 0 Å². The van der Waals surface area contributed by atoms with Gasteiger partial charge in [0.05, 0.1) is 12.7 Å². The van der Waals surface area contributed by atoms with Crippen molar-refractivity contribution in [3.05, 3.63) is 29.8 Å². The molecular formula is C21H31F3N2O5S. The number of carbonyl (C=O) groups excluding carboxylic acids is 1. The minimum atomic E-state index is -4.70. The Kier molecular flexibility index (Phi) is 10.6. The Morgan fingerprint density at radius 3 is 2.34 bits per heavy atom. The van der Waals surface area contributed by atoms with E-state index in [1.165, 1.54) is 24.1 Å². The molecule has 2 saturated heterocycles. The summed E-state index contributed by atoms with van der Waals surface area (Å²) in [5, 5.41) is 9.12. The second-order valence-electron chi connectivity index (χ2n) is 7.27. The van der Waals surface area contributed by atoms with E-state index in [1.807, 2.05) is 13.8 Å². The topological polar surface area (TPSA) is 80.3 Å². The number of halogens is 3. The molecule has 0 aliphatic carbocycles. The van der Waals surface area contributed by atoms with Crippen molar-refractivity contribution < 1.29 is 37.4 Å². The number of benzene rings is 1. The highest BCUT2D eigenvalue weighted by Crippen LogP contribution is 2.39. The number of rotatable bonds is 7. The summed E-state index contributed by atoms with van der Waals surface area (Å²) in [7, 11) is 0. The van der Waals surface area contributed by atoms with Gasteiger partial charge in [0.15, 0.2) is 0 Å². The third kappa shape index (κ3) is 8.11. The highest BCUT2D eigenvalue weighted by atomic mass is 32.2. The number of nitrogens with zero attached hydrogens (tertiary/aromatic N) is 1. The quantitative estimate of drug-likeness (QED) is 0.342. The molecule has 0 spiro atoms. The van der Waals surface area contributed by atoms with Crippen LogP contribution in [0.4, 0.5) is 13.2 Å². The Balaban J connectivity index is 0.00000176. The first-order chi connectivity index (χ1) is 15.3. The van der Waals surface area contributed by atoms with Crippen LogP contribution < -0.4 is 10.2 Å². The van der Waals surface area contributed by atoms with Crippen molar-refractivity contribution >= 4 is 17.9 Å². The predicted molar refractivity (Wildman–Crippen MR) is 114 cm³/mol. The van der Waals surface area contributed by atoms with Crippen molar-refractivity contribution in [3.63, 3.8) is 0 Å². The lowest BCUT2D eigenvalue weighted by Gasteiger charge is -2.40. The first kappa shape index (κ1) is 26.7. The van der Waals surface area contributed by atoms with Crippen LogP contribution in [0, 0.1) is 0 Å². The van der Waals surface area contributed by atoms with Gasteiger partial charge in [-0.25, -0.2) is 9.79 Å². The second kappa shape index (κ2) is 12.6. The zero-order valence-electron chi connectivity index (χ0n) is 18.3. The molecule has 2 fully saturated rings. The van der Waals surface area contributed by atoms with Crippen molar-refractivity contribution in [2.45, 2.75) is 63.4 Å². The monoisotopic (exact) mass is 480 g/mol. The van der Waals surface area contributed by atoms with Gasteiger partial charge in [0, 0.05) is 26.3 Å². The maximum Gasteiger partial charge on any atom is 0.573 e. The van der Waals surface area contributed by atoms with E-state index < -0.39 is 17.0 Å². The molecule has 2 aliphatic rings. The fraction of sp³-hybridized carbons (Fsp3) is 0.667. The fourth-order valence-electron chi connectivity index (χ4n) is 3.50. The molecule has 0 unspecified atom stereocenters. The lowest BCUT2D eigenvalue weighted by atomic mass is 9.98. The zero-order chi connectivity index (χ0) is 23.6. The van der Waals surface area contributed by atoms with Crippen LogP contribution in [0.1, 0.15) is 45.1 Å². The summed E-state index contributed by atoms with van der Waals surface area (Å²) in [5.41, 5.74) is 2.56. The van der Waals surface area contributed by atoms with Gasteiger partial charge in [-0.05, 0) is 43.4 Å². The van der Waals surface area contributed by atoms with Gasteiger partial charge in [0.1, 0.15) is 10.5 Å². The van der Waals surface area contributed by atoms with E-state index in [4.69, 9.17) is 14.7 Å². The summed E-state index contributed by atoms with van der Waals surface area (Å²) in [6, 6.07) is 5.64. The SMILES string of the molecule is CC.O=C(NO)C1(SN2CCC(OCc3ccc(OC(F)(F)F)cc3)CC2)CCOCC1. The van der Waals surface area contributed by atoms with E-state index in [1.54, 1.807) is 17.6 Å². The highest BCUT2D eigenvalue weighted by Gasteiger charge is 2.43.